The highest BCUT2D eigenvalue weighted by Gasteiger charge is 2.28. The maximum Gasteiger partial charge on any atom is 0.270 e. The van der Waals surface area contributed by atoms with Gasteiger partial charge in [-0.05, 0) is 20.2 Å². The van der Waals surface area contributed by atoms with E-state index in [1.54, 1.807) is 4.90 Å². The quantitative estimate of drug-likeness (QED) is 0.742. The lowest BCUT2D eigenvalue weighted by Gasteiger charge is -2.28. The highest BCUT2D eigenvalue weighted by Crippen LogP contribution is 2.19. The molecule has 2 N–H and O–H groups in total. The molecule has 0 fully saturated rings. The van der Waals surface area contributed by atoms with Crippen molar-refractivity contribution in [2.45, 2.75) is 32.0 Å². The van der Waals surface area contributed by atoms with Crippen LogP contribution >= 0.6 is 0 Å². The highest BCUT2D eigenvalue weighted by atomic mass is 16.3. The van der Waals surface area contributed by atoms with Gasteiger partial charge in [-0.25, -0.2) is 5.43 Å². The Kier molecular flexibility index (Phi) is 4.63. The minimum atomic E-state index is -0.653. The standard InChI is InChI=1S/C15H22N6O3/c1-19(2)9-13(22)12-7-10-8-20(5-6-21(10)18-12)15(24)11-3-4-14(23)17-16-11/h7,13,22H,3-6,8-9H2,1-2H3,(H,17,23)/t13-/m1/s1. The molecule has 2 aliphatic heterocycles. The van der Waals surface area contributed by atoms with Crippen LogP contribution in [0, 0.1) is 0 Å². The number of hydrogen-bond acceptors (Lipinski definition) is 6. The van der Waals surface area contributed by atoms with Gasteiger partial charge in [-0.2, -0.15) is 10.2 Å². The lowest BCUT2D eigenvalue weighted by molar-refractivity contribution is -0.126. The Hall–Kier alpha value is -2.26. The van der Waals surface area contributed by atoms with E-state index in [4.69, 9.17) is 0 Å². The molecule has 1 aromatic rings. The first-order valence-corrected chi connectivity index (χ1v) is 7.98. The van der Waals surface area contributed by atoms with Gasteiger partial charge in [-0.1, -0.05) is 0 Å². The largest absolute Gasteiger partial charge is 0.385 e. The third-order valence-corrected chi connectivity index (χ3v) is 4.13. The van der Waals surface area contributed by atoms with Crippen LogP contribution < -0.4 is 5.43 Å². The number of aliphatic hydroxyl groups is 1. The number of nitrogens with one attached hydrogen (secondary N) is 1. The van der Waals surface area contributed by atoms with Gasteiger partial charge in [0.1, 0.15) is 11.8 Å². The monoisotopic (exact) mass is 334 g/mol. The number of likely N-dealkylation sites (N-methyl/N-ethyl adjacent to an activating group) is 1. The molecule has 3 rings (SSSR count). The van der Waals surface area contributed by atoms with E-state index in [-0.39, 0.29) is 18.2 Å². The number of amides is 2. The van der Waals surface area contributed by atoms with E-state index in [9.17, 15) is 14.7 Å². The van der Waals surface area contributed by atoms with Crippen molar-refractivity contribution in [2.24, 2.45) is 5.10 Å². The SMILES string of the molecule is CN(C)C[C@@H](O)c1cc2n(n1)CCN(C(=O)C1=NNC(=O)CC1)C2. The molecule has 3 heterocycles. The Morgan fingerprint density at radius 1 is 1.42 bits per heavy atom. The molecule has 130 valence electrons. The summed E-state index contributed by atoms with van der Waals surface area (Å²) in [5.41, 5.74) is 4.25. The summed E-state index contributed by atoms with van der Waals surface area (Å²) in [7, 11) is 3.78. The first kappa shape index (κ1) is 16.6. The van der Waals surface area contributed by atoms with Gasteiger partial charge in [0.25, 0.3) is 5.91 Å². The fraction of sp³-hybridized carbons (Fsp3) is 0.600. The second-order valence-corrected chi connectivity index (χ2v) is 6.38. The van der Waals surface area contributed by atoms with E-state index in [2.05, 4.69) is 15.6 Å². The van der Waals surface area contributed by atoms with E-state index in [0.29, 0.717) is 44.0 Å². The Morgan fingerprint density at radius 3 is 2.88 bits per heavy atom. The molecule has 1 aromatic heterocycles. The summed E-state index contributed by atoms with van der Waals surface area (Å²) in [6.45, 7) is 2.03. The fourth-order valence-electron chi connectivity index (χ4n) is 2.88. The predicted molar refractivity (Wildman–Crippen MR) is 86.0 cm³/mol. The number of aliphatic hydroxyl groups excluding tert-OH is 1. The van der Waals surface area contributed by atoms with Crippen molar-refractivity contribution in [3.63, 3.8) is 0 Å². The predicted octanol–water partition coefficient (Wildman–Crippen LogP) is -0.914. The van der Waals surface area contributed by atoms with Gasteiger partial charge in [0.2, 0.25) is 5.91 Å². The maximum absolute atomic E-state index is 12.5. The first-order chi connectivity index (χ1) is 11.4. The summed E-state index contributed by atoms with van der Waals surface area (Å²) in [5.74, 6) is -0.319. The van der Waals surface area contributed by atoms with E-state index in [1.165, 1.54) is 0 Å². The average molecular weight is 334 g/mol. The molecule has 0 radical (unpaired) electrons. The lowest BCUT2D eigenvalue weighted by Crippen LogP contribution is -2.44. The van der Waals surface area contributed by atoms with E-state index < -0.39 is 6.10 Å². The van der Waals surface area contributed by atoms with Crippen LogP contribution in [0.15, 0.2) is 11.2 Å². The molecule has 0 saturated heterocycles. The molecular formula is C15H22N6O3. The first-order valence-electron chi connectivity index (χ1n) is 7.98. The molecule has 0 bridgehead atoms. The van der Waals surface area contributed by atoms with Gasteiger partial charge in [0.15, 0.2) is 0 Å². The third-order valence-electron chi connectivity index (χ3n) is 4.13. The normalized spacial score (nSPS) is 18.9. The van der Waals surface area contributed by atoms with Crippen molar-refractivity contribution >= 4 is 17.5 Å². The molecule has 0 unspecified atom stereocenters. The van der Waals surface area contributed by atoms with Crippen LogP contribution in [0.5, 0.6) is 0 Å². The minimum Gasteiger partial charge on any atom is -0.385 e. The van der Waals surface area contributed by atoms with Crippen LogP contribution in [0.4, 0.5) is 0 Å². The molecule has 9 nitrogen and oxygen atoms in total. The van der Waals surface area contributed by atoms with Crippen LogP contribution in [0.2, 0.25) is 0 Å². The van der Waals surface area contributed by atoms with Crippen LogP contribution in [-0.4, -0.2) is 69.4 Å². The third kappa shape index (κ3) is 3.46. The number of hydrogen-bond donors (Lipinski definition) is 2. The van der Waals surface area contributed by atoms with Gasteiger partial charge in [0, 0.05) is 25.9 Å². The van der Waals surface area contributed by atoms with E-state index in [0.717, 1.165) is 5.69 Å². The molecule has 1 atom stereocenters. The zero-order valence-electron chi connectivity index (χ0n) is 13.9. The Bertz CT molecular complexity index is 681. The van der Waals surface area contributed by atoms with E-state index >= 15 is 0 Å². The van der Waals surface area contributed by atoms with Gasteiger partial charge < -0.3 is 14.9 Å². The number of rotatable bonds is 4. The number of fused-ring (bicyclic) bond motifs is 1. The molecule has 2 amide bonds. The maximum atomic E-state index is 12.5. The summed E-state index contributed by atoms with van der Waals surface area (Å²) in [5, 5.41) is 18.5. The Balaban J connectivity index is 1.69. The van der Waals surface area contributed by atoms with Crippen molar-refractivity contribution in [3.8, 4) is 0 Å². The fourth-order valence-corrected chi connectivity index (χ4v) is 2.88. The van der Waals surface area contributed by atoms with Crippen LogP contribution in [0.3, 0.4) is 0 Å². The van der Waals surface area contributed by atoms with Crippen molar-refractivity contribution in [1.82, 2.24) is 25.0 Å². The molecule has 2 aliphatic rings. The number of aromatic nitrogens is 2. The van der Waals surface area contributed by atoms with Gasteiger partial charge in [-0.3, -0.25) is 14.3 Å². The number of hydrazone groups is 1. The topological polar surface area (TPSA) is 103 Å². The zero-order valence-corrected chi connectivity index (χ0v) is 13.9. The van der Waals surface area contributed by atoms with Crippen molar-refractivity contribution < 1.29 is 14.7 Å². The summed E-state index contributed by atoms with van der Waals surface area (Å²) in [4.78, 5) is 27.2. The van der Waals surface area contributed by atoms with Crippen molar-refractivity contribution in [1.29, 1.82) is 0 Å². The highest BCUT2D eigenvalue weighted by molar-refractivity contribution is 6.39. The molecule has 0 spiro atoms. The van der Waals surface area contributed by atoms with Gasteiger partial charge >= 0.3 is 0 Å². The lowest BCUT2D eigenvalue weighted by atomic mass is 10.1. The van der Waals surface area contributed by atoms with Crippen molar-refractivity contribution in [2.75, 3.05) is 27.2 Å². The Labute approximate surface area is 139 Å². The van der Waals surface area contributed by atoms with Gasteiger partial charge in [0.05, 0.1) is 24.5 Å². The Morgan fingerprint density at radius 2 is 2.21 bits per heavy atom. The summed E-state index contributed by atoms with van der Waals surface area (Å²) >= 11 is 0. The van der Waals surface area contributed by atoms with Gasteiger partial charge in [-0.15, -0.1) is 0 Å². The number of carbonyl (C=O) groups is 2. The zero-order chi connectivity index (χ0) is 17.3. The number of nitrogens with zero attached hydrogens (tertiary/aromatic N) is 5. The van der Waals surface area contributed by atoms with Crippen LogP contribution in [0.1, 0.15) is 30.3 Å². The molecule has 24 heavy (non-hydrogen) atoms. The molecule has 0 aromatic carbocycles. The van der Waals surface area contributed by atoms with Crippen LogP contribution in [0.25, 0.3) is 0 Å². The molecule has 0 aliphatic carbocycles. The minimum absolute atomic E-state index is 0.155. The van der Waals surface area contributed by atoms with Crippen LogP contribution in [-0.2, 0) is 22.7 Å². The second-order valence-electron chi connectivity index (χ2n) is 6.38. The smallest absolute Gasteiger partial charge is 0.270 e. The van der Waals surface area contributed by atoms with E-state index in [1.807, 2.05) is 29.7 Å². The summed E-state index contributed by atoms with van der Waals surface area (Å²) in [6.07, 6.45) is 0.00458. The summed E-state index contributed by atoms with van der Waals surface area (Å²) in [6, 6.07) is 1.85. The molecule has 0 saturated carbocycles. The second kappa shape index (κ2) is 6.70. The summed E-state index contributed by atoms with van der Waals surface area (Å²) < 4.78 is 1.84. The van der Waals surface area contributed by atoms with Crippen molar-refractivity contribution in [3.05, 3.63) is 17.5 Å². The molecule has 9 heteroatoms. The average Bonchev–Trinajstić information content (AvgIpc) is 2.97. The number of carbonyl (C=O) groups excluding carboxylic acids is 2. The molecular weight excluding hydrogens is 312 g/mol.